The van der Waals surface area contributed by atoms with Gasteiger partial charge in [-0.15, -0.1) is 0 Å². The Morgan fingerprint density at radius 1 is 1.00 bits per heavy atom. The summed E-state index contributed by atoms with van der Waals surface area (Å²) in [7, 11) is 3.10. The summed E-state index contributed by atoms with van der Waals surface area (Å²) in [6, 6.07) is 12.4. The van der Waals surface area contributed by atoms with Gasteiger partial charge in [0.1, 0.15) is 11.4 Å². The summed E-state index contributed by atoms with van der Waals surface area (Å²) < 4.78 is 10.1. The van der Waals surface area contributed by atoms with E-state index in [9.17, 15) is 19.7 Å². The predicted molar refractivity (Wildman–Crippen MR) is 110 cm³/mol. The molecule has 2 aromatic rings. The third-order valence-corrected chi connectivity index (χ3v) is 4.62. The molecule has 1 N–H and O–H groups in total. The van der Waals surface area contributed by atoms with Crippen molar-refractivity contribution in [3.05, 3.63) is 69.9 Å². The second-order valence-corrected chi connectivity index (χ2v) is 6.52. The third-order valence-electron chi connectivity index (χ3n) is 4.62. The van der Waals surface area contributed by atoms with Gasteiger partial charge in [-0.05, 0) is 48.4 Å². The first-order valence-corrected chi connectivity index (χ1v) is 9.21. The van der Waals surface area contributed by atoms with Gasteiger partial charge in [-0.1, -0.05) is 0 Å². The highest BCUT2D eigenvalue weighted by Gasteiger charge is 2.39. The average Bonchev–Trinajstić information content (AvgIpc) is 2.98. The second-order valence-electron chi connectivity index (χ2n) is 6.52. The molecule has 2 aromatic carbocycles. The molecule has 0 bridgehead atoms. The van der Waals surface area contributed by atoms with Gasteiger partial charge in [0, 0.05) is 38.1 Å². The lowest BCUT2D eigenvalue weighted by Gasteiger charge is -2.15. The van der Waals surface area contributed by atoms with Crippen molar-refractivity contribution in [2.24, 2.45) is 0 Å². The number of ether oxygens (including phenoxy) is 2. The number of methoxy groups -OCH3 is 2. The highest BCUT2D eigenvalue weighted by atomic mass is 16.6. The number of imide groups is 1. The summed E-state index contributed by atoms with van der Waals surface area (Å²) in [6.45, 7) is 0.612. The Labute approximate surface area is 173 Å². The Bertz CT molecular complexity index is 983. The molecule has 9 nitrogen and oxygen atoms in total. The molecule has 0 radical (unpaired) electrons. The van der Waals surface area contributed by atoms with Crippen LogP contribution >= 0.6 is 0 Å². The van der Waals surface area contributed by atoms with E-state index in [2.05, 4.69) is 5.32 Å². The zero-order chi connectivity index (χ0) is 21.7. The predicted octanol–water partition coefficient (Wildman–Crippen LogP) is 2.83. The van der Waals surface area contributed by atoms with Gasteiger partial charge in [-0.2, -0.15) is 0 Å². The van der Waals surface area contributed by atoms with Crippen molar-refractivity contribution in [2.45, 2.75) is 6.42 Å². The van der Waals surface area contributed by atoms with E-state index in [-0.39, 0.29) is 23.5 Å². The van der Waals surface area contributed by atoms with E-state index in [0.717, 1.165) is 4.90 Å². The molecule has 1 aliphatic rings. The van der Waals surface area contributed by atoms with E-state index >= 15 is 0 Å². The number of nitrogens with zero attached hydrogens (tertiary/aromatic N) is 2. The third kappa shape index (κ3) is 4.31. The van der Waals surface area contributed by atoms with E-state index in [1.165, 1.54) is 24.3 Å². The number of carbonyl (C=O) groups is 2. The summed E-state index contributed by atoms with van der Waals surface area (Å²) in [6.07, 6.45) is 0.497. The number of hydrogen-bond acceptors (Lipinski definition) is 7. The minimum absolute atomic E-state index is 0.0993. The SMILES string of the molecule is COCCCN1C(=O)C(Nc2ccc(OC)cc2)=C(c2ccc([N+](=O)[O-])cc2)C1=O. The zero-order valence-corrected chi connectivity index (χ0v) is 16.6. The minimum atomic E-state index is -0.520. The lowest BCUT2D eigenvalue weighted by atomic mass is 10.0. The van der Waals surface area contributed by atoms with Crippen LogP contribution in [0, 0.1) is 10.1 Å². The molecule has 30 heavy (non-hydrogen) atoms. The molecular formula is C21H21N3O6. The van der Waals surface area contributed by atoms with Crippen LogP contribution in [0.1, 0.15) is 12.0 Å². The fourth-order valence-electron chi connectivity index (χ4n) is 3.10. The number of amides is 2. The molecule has 1 aliphatic heterocycles. The van der Waals surface area contributed by atoms with Crippen molar-refractivity contribution in [3.63, 3.8) is 0 Å². The molecule has 0 fully saturated rings. The molecule has 2 amide bonds. The van der Waals surface area contributed by atoms with Gasteiger partial charge >= 0.3 is 0 Å². The van der Waals surface area contributed by atoms with Crippen LogP contribution in [0.5, 0.6) is 5.75 Å². The van der Waals surface area contributed by atoms with E-state index in [4.69, 9.17) is 9.47 Å². The molecule has 9 heteroatoms. The molecule has 1 heterocycles. The number of nitrogens with one attached hydrogen (secondary N) is 1. The molecule has 3 rings (SSSR count). The number of benzene rings is 2. The fourth-order valence-corrected chi connectivity index (χ4v) is 3.10. The van der Waals surface area contributed by atoms with Crippen molar-refractivity contribution in [1.29, 1.82) is 0 Å². The zero-order valence-electron chi connectivity index (χ0n) is 16.6. The van der Waals surface area contributed by atoms with Crippen LogP contribution in [0.4, 0.5) is 11.4 Å². The Kier molecular flexibility index (Phi) is 6.43. The van der Waals surface area contributed by atoms with Crippen molar-refractivity contribution in [3.8, 4) is 5.75 Å². The summed E-state index contributed by atoms with van der Waals surface area (Å²) >= 11 is 0. The van der Waals surface area contributed by atoms with Gasteiger partial charge in [-0.3, -0.25) is 24.6 Å². The highest BCUT2D eigenvalue weighted by molar-refractivity contribution is 6.36. The van der Waals surface area contributed by atoms with E-state index in [1.807, 2.05) is 0 Å². The van der Waals surface area contributed by atoms with Crippen molar-refractivity contribution < 1.29 is 24.0 Å². The molecule has 0 atom stereocenters. The van der Waals surface area contributed by atoms with Gasteiger partial charge < -0.3 is 14.8 Å². The first-order chi connectivity index (χ1) is 14.5. The number of carbonyl (C=O) groups excluding carboxylic acids is 2. The number of non-ortho nitro benzene ring substituents is 1. The van der Waals surface area contributed by atoms with E-state index in [0.29, 0.717) is 30.0 Å². The number of anilines is 1. The molecule has 0 aromatic heterocycles. The summed E-state index contributed by atoms with van der Waals surface area (Å²) in [5.41, 5.74) is 1.21. The topological polar surface area (TPSA) is 111 Å². The highest BCUT2D eigenvalue weighted by Crippen LogP contribution is 2.31. The maximum Gasteiger partial charge on any atom is 0.278 e. The molecule has 0 saturated heterocycles. The van der Waals surface area contributed by atoms with E-state index < -0.39 is 16.7 Å². The number of nitro benzene ring substituents is 1. The normalized spacial score (nSPS) is 13.7. The molecule has 0 aliphatic carbocycles. The van der Waals surface area contributed by atoms with Crippen molar-refractivity contribution in [2.75, 3.05) is 32.7 Å². The molecule has 0 saturated carbocycles. The van der Waals surface area contributed by atoms with Crippen LogP contribution in [0.2, 0.25) is 0 Å². The lowest BCUT2D eigenvalue weighted by molar-refractivity contribution is -0.384. The monoisotopic (exact) mass is 411 g/mol. The second kappa shape index (κ2) is 9.19. The number of hydrogen-bond donors (Lipinski definition) is 1. The Hall–Kier alpha value is -3.72. The maximum atomic E-state index is 13.0. The van der Waals surface area contributed by atoms with Gasteiger partial charge in [0.15, 0.2) is 0 Å². The van der Waals surface area contributed by atoms with E-state index in [1.54, 1.807) is 38.5 Å². The summed E-state index contributed by atoms with van der Waals surface area (Å²) in [5.74, 6) is -0.263. The first-order valence-electron chi connectivity index (χ1n) is 9.21. The minimum Gasteiger partial charge on any atom is -0.497 e. The van der Waals surface area contributed by atoms with Gasteiger partial charge in [0.2, 0.25) is 0 Å². The van der Waals surface area contributed by atoms with Crippen LogP contribution in [-0.4, -0.2) is 49.0 Å². The number of rotatable bonds is 9. The average molecular weight is 411 g/mol. The Balaban J connectivity index is 1.98. The number of nitro groups is 1. The summed E-state index contributed by atoms with van der Waals surface area (Å²) in [4.78, 5) is 37.6. The van der Waals surface area contributed by atoms with Crippen LogP contribution in [0.15, 0.2) is 54.2 Å². The van der Waals surface area contributed by atoms with Gasteiger partial charge in [0.25, 0.3) is 17.5 Å². The Morgan fingerprint density at radius 3 is 2.23 bits per heavy atom. The molecular weight excluding hydrogens is 390 g/mol. The molecule has 0 spiro atoms. The summed E-state index contributed by atoms with van der Waals surface area (Å²) in [5, 5.41) is 14.0. The smallest absolute Gasteiger partial charge is 0.278 e. The Morgan fingerprint density at radius 2 is 1.67 bits per heavy atom. The first kappa shape index (κ1) is 21.0. The lowest BCUT2D eigenvalue weighted by Crippen LogP contribution is -2.33. The van der Waals surface area contributed by atoms with Gasteiger partial charge in [0.05, 0.1) is 17.6 Å². The maximum absolute atomic E-state index is 13.0. The van der Waals surface area contributed by atoms with Gasteiger partial charge in [-0.25, -0.2) is 0 Å². The van der Waals surface area contributed by atoms with Crippen LogP contribution in [-0.2, 0) is 14.3 Å². The fraction of sp³-hybridized carbons (Fsp3) is 0.238. The van der Waals surface area contributed by atoms with Crippen molar-refractivity contribution >= 4 is 28.8 Å². The molecule has 156 valence electrons. The molecule has 0 unspecified atom stereocenters. The van der Waals surface area contributed by atoms with Crippen LogP contribution in [0.25, 0.3) is 5.57 Å². The van der Waals surface area contributed by atoms with Crippen LogP contribution in [0.3, 0.4) is 0 Å². The van der Waals surface area contributed by atoms with Crippen molar-refractivity contribution in [1.82, 2.24) is 4.90 Å². The quantitative estimate of drug-likeness (QED) is 0.292. The standard InChI is InChI=1S/C21H21N3O6/c1-29-13-3-12-23-20(25)18(14-4-8-16(9-5-14)24(27)28)19(21(23)26)22-15-6-10-17(30-2)11-7-15/h4-11,22H,3,12-13H2,1-2H3. The largest absolute Gasteiger partial charge is 0.497 e. The van der Waals surface area contributed by atoms with Crippen LogP contribution < -0.4 is 10.1 Å².